The summed E-state index contributed by atoms with van der Waals surface area (Å²) in [5.41, 5.74) is 6.64. The normalized spacial score (nSPS) is 15.8. The summed E-state index contributed by atoms with van der Waals surface area (Å²) >= 11 is 0. The molecule has 10 heteroatoms. The van der Waals surface area contributed by atoms with Crippen LogP contribution in [0.5, 0.6) is 0 Å². The monoisotopic (exact) mass is 460 g/mol. The Morgan fingerprint density at radius 2 is 1.71 bits per heavy atom. The third kappa shape index (κ3) is 7.03. The second-order valence-electron chi connectivity index (χ2n) is 7.44. The molecule has 0 saturated carbocycles. The fraction of sp³-hybridized carbons (Fsp3) is 0.381. The van der Waals surface area contributed by atoms with Gasteiger partial charge in [-0.25, -0.2) is 8.60 Å². The summed E-state index contributed by atoms with van der Waals surface area (Å²) in [5, 5.41) is 8.74. The molecule has 0 amide bonds. The summed E-state index contributed by atoms with van der Waals surface area (Å²) in [6.45, 7) is 1.73. The van der Waals surface area contributed by atoms with Crippen LogP contribution in [0.1, 0.15) is 29.9 Å². The maximum absolute atomic E-state index is 14.1. The van der Waals surface area contributed by atoms with Crippen molar-refractivity contribution < 1.29 is 31.7 Å². The predicted molar refractivity (Wildman–Crippen MR) is 111 cm³/mol. The quantitative estimate of drug-likeness (QED) is 0.473. The van der Waals surface area contributed by atoms with Crippen molar-refractivity contribution in [1.29, 1.82) is 4.78 Å². The van der Waals surface area contributed by atoms with Gasteiger partial charge in [0.05, 0.1) is 5.92 Å². The Labute approximate surface area is 178 Å². The van der Waals surface area contributed by atoms with Crippen LogP contribution in [0.2, 0.25) is 0 Å². The lowest BCUT2D eigenvalue weighted by molar-refractivity contribution is -0.150. The molecule has 0 aliphatic heterocycles. The molecule has 0 bridgehead atoms. The van der Waals surface area contributed by atoms with Crippen molar-refractivity contribution in [3.05, 3.63) is 59.4 Å². The van der Waals surface area contributed by atoms with E-state index in [0.29, 0.717) is 5.56 Å². The number of hydrogen-bond acceptors (Lipinski definition) is 4. The van der Waals surface area contributed by atoms with Gasteiger partial charge in [-0.3, -0.25) is 9.57 Å². The molecule has 2 rings (SSSR count). The summed E-state index contributed by atoms with van der Waals surface area (Å²) in [5.74, 6) is -4.69. The Balaban J connectivity index is 2.17. The summed E-state index contributed by atoms with van der Waals surface area (Å²) in [7, 11) is -3.43. The number of aryl methyl sites for hydroxylation is 1. The van der Waals surface area contributed by atoms with Crippen molar-refractivity contribution in [3.8, 4) is 11.1 Å². The molecule has 31 heavy (non-hydrogen) atoms. The van der Waals surface area contributed by atoms with E-state index in [2.05, 4.69) is 0 Å². The Morgan fingerprint density at radius 1 is 1.13 bits per heavy atom. The second kappa shape index (κ2) is 9.78. The molecule has 2 aromatic rings. The van der Waals surface area contributed by atoms with Crippen LogP contribution in [0.25, 0.3) is 11.1 Å². The van der Waals surface area contributed by atoms with E-state index in [4.69, 9.17) is 15.6 Å². The Hall–Kier alpha value is -2.46. The van der Waals surface area contributed by atoms with E-state index in [1.54, 1.807) is 19.1 Å². The van der Waals surface area contributed by atoms with Crippen molar-refractivity contribution in [2.75, 3.05) is 11.5 Å². The van der Waals surface area contributed by atoms with Gasteiger partial charge in [0.25, 0.3) is 0 Å². The van der Waals surface area contributed by atoms with Crippen LogP contribution in [0, 0.1) is 17.5 Å². The van der Waals surface area contributed by atoms with E-state index in [-0.39, 0.29) is 17.5 Å². The van der Waals surface area contributed by atoms with Crippen molar-refractivity contribution in [1.82, 2.24) is 0 Å². The molecule has 0 fully saturated rings. The van der Waals surface area contributed by atoms with Gasteiger partial charge in [-0.1, -0.05) is 36.4 Å². The highest BCUT2D eigenvalue weighted by Crippen LogP contribution is 2.38. The Bertz CT molecular complexity index is 1020. The number of nitrogens with one attached hydrogen (secondary N) is 1. The van der Waals surface area contributed by atoms with E-state index < -0.39 is 57.6 Å². The molecule has 170 valence electrons. The van der Waals surface area contributed by atoms with Gasteiger partial charge in [-0.05, 0) is 42.5 Å². The molecule has 0 aromatic heterocycles. The van der Waals surface area contributed by atoms with Crippen LogP contribution >= 0.6 is 0 Å². The summed E-state index contributed by atoms with van der Waals surface area (Å²) in [6.07, 6.45) is -5.48. The molecular weight excluding hydrogens is 436 g/mol. The lowest BCUT2D eigenvalue weighted by Gasteiger charge is -2.22. The maximum atomic E-state index is 14.1. The first-order valence-corrected chi connectivity index (χ1v) is 11.4. The molecule has 0 aliphatic rings. The van der Waals surface area contributed by atoms with Crippen molar-refractivity contribution in [2.45, 2.75) is 37.9 Å². The van der Waals surface area contributed by atoms with Gasteiger partial charge in [-0.15, -0.1) is 0 Å². The number of nitrogens with two attached hydrogens (primary N) is 1. The minimum absolute atomic E-state index is 0.0822. The smallest absolute Gasteiger partial charge is 0.395 e. The van der Waals surface area contributed by atoms with Crippen LogP contribution in [0.15, 0.2) is 42.5 Å². The number of carbonyl (C=O) groups is 1. The van der Waals surface area contributed by atoms with E-state index >= 15 is 0 Å². The van der Waals surface area contributed by atoms with Gasteiger partial charge in [0.1, 0.15) is 11.9 Å². The average Bonchev–Trinajstić information content (AvgIpc) is 2.66. The zero-order valence-corrected chi connectivity index (χ0v) is 17.6. The third-order valence-corrected chi connectivity index (χ3v) is 6.75. The maximum Gasteiger partial charge on any atom is 0.395 e. The van der Waals surface area contributed by atoms with E-state index in [1.165, 1.54) is 30.3 Å². The number of hydrogen-bond donors (Lipinski definition) is 3. The molecule has 0 aliphatic carbocycles. The highest BCUT2D eigenvalue weighted by molar-refractivity contribution is 7.92. The van der Waals surface area contributed by atoms with Crippen LogP contribution in [-0.4, -0.2) is 39.0 Å². The third-order valence-electron chi connectivity index (χ3n) is 4.96. The lowest BCUT2D eigenvalue weighted by atomic mass is 9.93. The SMILES string of the molecule is Cc1ccc(-c2ccc(C(CCS(=N)(=O)CC[C@H](N)C(=O)O)C(F)(F)F)cc2)c(F)c1. The van der Waals surface area contributed by atoms with E-state index in [9.17, 15) is 26.6 Å². The van der Waals surface area contributed by atoms with Crippen LogP contribution < -0.4 is 5.73 Å². The van der Waals surface area contributed by atoms with Gasteiger partial charge in [-0.2, -0.15) is 13.2 Å². The largest absolute Gasteiger partial charge is 0.480 e. The summed E-state index contributed by atoms with van der Waals surface area (Å²) < 4.78 is 75.1. The number of alkyl halides is 3. The highest BCUT2D eigenvalue weighted by atomic mass is 32.2. The molecule has 0 radical (unpaired) electrons. The molecule has 0 spiro atoms. The average molecular weight is 460 g/mol. The van der Waals surface area contributed by atoms with Gasteiger partial charge >= 0.3 is 12.1 Å². The van der Waals surface area contributed by atoms with Crippen molar-refractivity contribution in [3.63, 3.8) is 0 Å². The Kier molecular flexibility index (Phi) is 7.82. The van der Waals surface area contributed by atoms with Crippen molar-refractivity contribution in [2.24, 2.45) is 5.73 Å². The highest BCUT2D eigenvalue weighted by Gasteiger charge is 2.40. The lowest BCUT2D eigenvalue weighted by Crippen LogP contribution is -2.32. The fourth-order valence-electron chi connectivity index (χ4n) is 3.12. The number of benzene rings is 2. The molecule has 3 atom stereocenters. The van der Waals surface area contributed by atoms with Crippen LogP contribution in [-0.2, 0) is 14.5 Å². The second-order valence-corrected chi connectivity index (χ2v) is 9.88. The minimum atomic E-state index is -4.64. The van der Waals surface area contributed by atoms with Gasteiger partial charge in [0.2, 0.25) is 0 Å². The van der Waals surface area contributed by atoms with E-state index in [0.717, 1.165) is 5.56 Å². The van der Waals surface area contributed by atoms with E-state index in [1.807, 2.05) is 0 Å². The summed E-state index contributed by atoms with van der Waals surface area (Å²) in [6, 6.07) is 8.56. The number of carboxylic acid groups (broad SMARTS) is 1. The first-order valence-electron chi connectivity index (χ1n) is 9.46. The van der Waals surface area contributed by atoms with Gasteiger partial charge in [0.15, 0.2) is 0 Å². The predicted octanol–water partition coefficient (Wildman–Crippen LogP) is 4.69. The minimum Gasteiger partial charge on any atom is -0.480 e. The number of aliphatic carboxylic acids is 1. The van der Waals surface area contributed by atoms with Gasteiger partial charge < -0.3 is 10.8 Å². The molecule has 5 nitrogen and oxygen atoms in total. The zero-order chi connectivity index (χ0) is 23.4. The molecule has 4 N–H and O–H groups in total. The number of rotatable bonds is 9. The number of halogens is 4. The van der Waals surface area contributed by atoms with Crippen molar-refractivity contribution >= 4 is 15.7 Å². The first-order chi connectivity index (χ1) is 14.3. The van der Waals surface area contributed by atoms with Crippen LogP contribution in [0.3, 0.4) is 0 Å². The van der Waals surface area contributed by atoms with Gasteiger partial charge in [0, 0.05) is 26.8 Å². The summed E-state index contributed by atoms with van der Waals surface area (Å²) in [4.78, 5) is 10.7. The van der Waals surface area contributed by atoms with Crippen LogP contribution in [0.4, 0.5) is 17.6 Å². The molecule has 2 unspecified atom stereocenters. The molecule has 0 heterocycles. The Morgan fingerprint density at radius 3 is 2.23 bits per heavy atom. The standard InChI is InChI=1S/C21H24F4N2O3S/c1-13-2-7-16(18(22)12-13)14-3-5-15(6-4-14)17(21(23,24)25)8-10-31(27,30)11-9-19(26)20(28)29/h2-7,12,17,19,27H,8-11,26H2,1H3,(H,28,29)/t17?,19-,31?/m0/s1. The fourth-order valence-corrected chi connectivity index (χ4v) is 4.57. The topological polar surface area (TPSA) is 104 Å². The number of carboxylic acids is 1. The molecular formula is C21H24F4N2O3S. The molecule has 0 saturated heterocycles. The molecule has 2 aromatic carbocycles. The first kappa shape index (κ1) is 24.8. The zero-order valence-electron chi connectivity index (χ0n) is 16.8.